The quantitative estimate of drug-likeness (QED) is 0.782. The molecule has 0 spiro atoms. The number of hydrogen-bond donors (Lipinski definition) is 1. The first-order chi connectivity index (χ1) is 10.3. The van der Waals surface area contributed by atoms with Gasteiger partial charge in [0.05, 0.1) is 13.5 Å². The first-order valence-electron chi connectivity index (χ1n) is 7.13. The van der Waals surface area contributed by atoms with Gasteiger partial charge in [-0.3, -0.25) is 9.59 Å². The Morgan fingerprint density at radius 1 is 1.27 bits per heavy atom. The van der Waals surface area contributed by atoms with Crippen LogP contribution in [0, 0.1) is 5.92 Å². The lowest BCUT2D eigenvalue weighted by molar-refractivity contribution is -0.154. The molecule has 0 bridgehead atoms. The molecule has 1 rings (SSSR count). The van der Waals surface area contributed by atoms with Gasteiger partial charge in [-0.15, -0.1) is 0 Å². The van der Waals surface area contributed by atoms with Crippen molar-refractivity contribution in [3.8, 4) is 5.75 Å². The fraction of sp³-hybridized carbons (Fsp3) is 0.500. The molecular weight excluding hydrogens is 306 g/mol. The second-order valence-corrected chi connectivity index (χ2v) is 5.84. The number of methoxy groups -OCH3 is 1. The number of amides is 1. The fourth-order valence-corrected chi connectivity index (χ4v) is 1.98. The van der Waals surface area contributed by atoms with Crippen molar-refractivity contribution in [2.24, 2.45) is 5.92 Å². The van der Waals surface area contributed by atoms with Crippen LogP contribution in [0.15, 0.2) is 18.2 Å². The molecule has 0 saturated heterocycles. The molecular formula is C16H22ClNO4. The maximum absolute atomic E-state index is 11.9. The molecule has 1 aromatic carbocycles. The van der Waals surface area contributed by atoms with E-state index in [4.69, 9.17) is 21.1 Å². The number of benzene rings is 1. The van der Waals surface area contributed by atoms with E-state index in [1.165, 1.54) is 7.11 Å². The summed E-state index contributed by atoms with van der Waals surface area (Å²) in [6.07, 6.45) is -0.845. The predicted octanol–water partition coefficient (Wildman–Crippen LogP) is 2.60. The lowest BCUT2D eigenvalue weighted by Gasteiger charge is -2.15. The highest BCUT2D eigenvalue weighted by molar-refractivity contribution is 6.30. The Balaban J connectivity index is 2.59. The Bertz CT molecular complexity index is 531. The lowest BCUT2D eigenvalue weighted by atomic mass is 10.1. The van der Waals surface area contributed by atoms with Crippen LogP contribution in [0.4, 0.5) is 0 Å². The van der Waals surface area contributed by atoms with Gasteiger partial charge in [-0.2, -0.15) is 0 Å². The molecule has 0 aliphatic rings. The summed E-state index contributed by atoms with van der Waals surface area (Å²) in [5.41, 5.74) is 0.620. The van der Waals surface area contributed by atoms with Gasteiger partial charge in [0.1, 0.15) is 5.75 Å². The van der Waals surface area contributed by atoms with Crippen molar-refractivity contribution in [2.75, 3.05) is 13.7 Å². The Kier molecular flexibility index (Phi) is 7.18. The van der Waals surface area contributed by atoms with Crippen LogP contribution in [0.5, 0.6) is 5.75 Å². The van der Waals surface area contributed by atoms with Crippen molar-refractivity contribution >= 4 is 23.5 Å². The normalized spacial score (nSPS) is 11.9. The molecule has 1 amide bonds. The molecule has 0 fully saturated rings. The molecule has 5 nitrogen and oxygen atoms in total. The third kappa shape index (κ3) is 5.93. The number of halogens is 1. The van der Waals surface area contributed by atoms with Gasteiger partial charge in [0.15, 0.2) is 6.10 Å². The summed E-state index contributed by atoms with van der Waals surface area (Å²) in [4.78, 5) is 23.7. The van der Waals surface area contributed by atoms with E-state index in [2.05, 4.69) is 5.32 Å². The van der Waals surface area contributed by atoms with Crippen molar-refractivity contribution in [3.63, 3.8) is 0 Å². The van der Waals surface area contributed by atoms with Gasteiger partial charge in [-0.05, 0) is 31.0 Å². The smallest absolute Gasteiger partial charge is 0.311 e. The zero-order chi connectivity index (χ0) is 16.7. The van der Waals surface area contributed by atoms with Gasteiger partial charge in [0.25, 0.3) is 5.91 Å². The van der Waals surface area contributed by atoms with Crippen molar-refractivity contribution in [1.29, 1.82) is 0 Å². The first kappa shape index (κ1) is 18.3. The van der Waals surface area contributed by atoms with Crippen LogP contribution in [0.1, 0.15) is 26.3 Å². The van der Waals surface area contributed by atoms with Gasteiger partial charge in [0, 0.05) is 17.1 Å². The summed E-state index contributed by atoms with van der Waals surface area (Å²) in [7, 11) is 1.51. The Hall–Kier alpha value is -1.75. The molecule has 0 aliphatic heterocycles. The number of nitrogens with one attached hydrogen (secondary N) is 1. The summed E-state index contributed by atoms with van der Waals surface area (Å²) in [6.45, 7) is 6.07. The molecule has 0 unspecified atom stereocenters. The highest BCUT2D eigenvalue weighted by atomic mass is 35.5. The van der Waals surface area contributed by atoms with Gasteiger partial charge in [0.2, 0.25) is 0 Å². The summed E-state index contributed by atoms with van der Waals surface area (Å²) in [5.74, 6) is 0.0775. The van der Waals surface area contributed by atoms with Crippen LogP contribution < -0.4 is 10.1 Å². The van der Waals surface area contributed by atoms with Crippen molar-refractivity contribution in [1.82, 2.24) is 5.32 Å². The highest BCUT2D eigenvalue weighted by Crippen LogP contribution is 2.23. The molecule has 0 radical (unpaired) electrons. The molecule has 1 N–H and O–H groups in total. The largest absolute Gasteiger partial charge is 0.496 e. The van der Waals surface area contributed by atoms with Gasteiger partial charge >= 0.3 is 5.97 Å². The zero-order valence-corrected chi connectivity index (χ0v) is 14.1. The maximum atomic E-state index is 11.9. The van der Waals surface area contributed by atoms with Crippen molar-refractivity contribution in [2.45, 2.75) is 33.3 Å². The summed E-state index contributed by atoms with van der Waals surface area (Å²) >= 11 is 5.91. The zero-order valence-electron chi connectivity index (χ0n) is 13.3. The van der Waals surface area contributed by atoms with Crippen LogP contribution in [0.3, 0.4) is 0 Å². The fourth-order valence-electron chi connectivity index (χ4n) is 1.78. The second kappa shape index (κ2) is 8.63. The predicted molar refractivity (Wildman–Crippen MR) is 85.1 cm³/mol. The van der Waals surface area contributed by atoms with E-state index < -0.39 is 12.1 Å². The summed E-state index contributed by atoms with van der Waals surface area (Å²) in [6, 6.07) is 5.01. The van der Waals surface area contributed by atoms with E-state index in [1.54, 1.807) is 25.1 Å². The molecule has 0 heterocycles. The Morgan fingerprint density at radius 2 is 1.95 bits per heavy atom. The minimum absolute atomic E-state index is 0.00840. The third-order valence-electron chi connectivity index (χ3n) is 2.94. The molecule has 1 atom stereocenters. The maximum Gasteiger partial charge on any atom is 0.311 e. The lowest BCUT2D eigenvalue weighted by Crippen LogP contribution is -2.37. The van der Waals surface area contributed by atoms with E-state index in [1.807, 2.05) is 13.8 Å². The number of hydrogen-bond acceptors (Lipinski definition) is 4. The monoisotopic (exact) mass is 327 g/mol. The average molecular weight is 328 g/mol. The minimum atomic E-state index is -0.837. The topological polar surface area (TPSA) is 64.6 Å². The molecule has 1 aromatic rings. The minimum Gasteiger partial charge on any atom is -0.496 e. The van der Waals surface area contributed by atoms with E-state index in [-0.39, 0.29) is 12.3 Å². The summed E-state index contributed by atoms with van der Waals surface area (Å²) in [5, 5.41) is 3.23. The number of ether oxygens (including phenoxy) is 2. The first-order valence-corrected chi connectivity index (χ1v) is 7.51. The summed E-state index contributed by atoms with van der Waals surface area (Å²) < 4.78 is 10.3. The number of carbonyl (C=O) groups is 2. The third-order valence-corrected chi connectivity index (χ3v) is 3.17. The average Bonchev–Trinajstić information content (AvgIpc) is 2.44. The van der Waals surface area contributed by atoms with Crippen molar-refractivity contribution in [3.05, 3.63) is 28.8 Å². The Labute approximate surface area is 135 Å². The van der Waals surface area contributed by atoms with E-state index in [0.29, 0.717) is 28.8 Å². The van der Waals surface area contributed by atoms with E-state index in [9.17, 15) is 9.59 Å². The molecule has 0 aliphatic carbocycles. The SMILES string of the molecule is COc1ccc(Cl)cc1CC(=O)O[C@H](C)C(=O)NCC(C)C. The molecule has 22 heavy (non-hydrogen) atoms. The molecule has 122 valence electrons. The van der Waals surface area contributed by atoms with E-state index >= 15 is 0 Å². The van der Waals surface area contributed by atoms with Crippen LogP contribution >= 0.6 is 11.6 Å². The molecule has 0 saturated carbocycles. The number of esters is 1. The van der Waals surface area contributed by atoms with Gasteiger partial charge < -0.3 is 14.8 Å². The van der Waals surface area contributed by atoms with Crippen LogP contribution in [0.2, 0.25) is 5.02 Å². The molecule has 0 aromatic heterocycles. The van der Waals surface area contributed by atoms with Gasteiger partial charge in [-0.25, -0.2) is 0 Å². The van der Waals surface area contributed by atoms with Crippen LogP contribution in [-0.4, -0.2) is 31.6 Å². The van der Waals surface area contributed by atoms with Gasteiger partial charge in [-0.1, -0.05) is 25.4 Å². The van der Waals surface area contributed by atoms with Crippen molar-refractivity contribution < 1.29 is 19.1 Å². The highest BCUT2D eigenvalue weighted by Gasteiger charge is 2.19. The number of rotatable bonds is 7. The van der Waals surface area contributed by atoms with E-state index in [0.717, 1.165) is 0 Å². The standard InChI is InChI=1S/C16H22ClNO4/c1-10(2)9-18-16(20)11(3)22-15(19)8-12-7-13(17)5-6-14(12)21-4/h5-7,10-11H,8-9H2,1-4H3,(H,18,20)/t11-/m1/s1. The second-order valence-electron chi connectivity index (χ2n) is 5.40. The van der Waals surface area contributed by atoms with Crippen LogP contribution in [-0.2, 0) is 20.7 Å². The molecule has 6 heteroatoms. The Morgan fingerprint density at radius 3 is 2.55 bits per heavy atom. The van der Waals surface area contributed by atoms with Crippen LogP contribution in [0.25, 0.3) is 0 Å². The number of carbonyl (C=O) groups excluding carboxylic acids is 2.